The maximum atomic E-state index is 12.4. The summed E-state index contributed by atoms with van der Waals surface area (Å²) in [4.78, 5) is 15.5. The molecular weight excluding hydrogens is 381 g/mol. The molecule has 3 nitrogen and oxygen atoms in total. The van der Waals surface area contributed by atoms with E-state index in [4.69, 9.17) is 0 Å². The molecular formula is C18H19F3N2OS2. The van der Waals surface area contributed by atoms with E-state index in [-0.39, 0.29) is 11.7 Å². The maximum absolute atomic E-state index is 12.4. The zero-order valence-corrected chi connectivity index (χ0v) is 15.8. The number of halogens is 3. The predicted octanol–water partition coefficient (Wildman–Crippen LogP) is 4.55. The van der Waals surface area contributed by atoms with Crippen LogP contribution in [0, 0.1) is 6.92 Å². The molecule has 0 spiro atoms. The van der Waals surface area contributed by atoms with Crippen LogP contribution in [0.15, 0.2) is 47.6 Å². The molecule has 140 valence electrons. The highest BCUT2D eigenvalue weighted by Gasteiger charge is 2.30. The summed E-state index contributed by atoms with van der Waals surface area (Å²) in [5.41, 5.74) is 1.68. The molecule has 0 saturated carbocycles. The van der Waals surface area contributed by atoms with Crippen LogP contribution in [0.4, 0.5) is 13.2 Å². The Morgan fingerprint density at radius 1 is 1.15 bits per heavy atom. The molecule has 2 rings (SSSR count). The first-order valence-electron chi connectivity index (χ1n) is 7.90. The molecule has 0 fully saturated rings. The van der Waals surface area contributed by atoms with Crippen LogP contribution in [0.1, 0.15) is 16.7 Å². The molecule has 26 heavy (non-hydrogen) atoms. The summed E-state index contributed by atoms with van der Waals surface area (Å²) in [6, 6.07) is 10.6. The maximum Gasteiger partial charge on any atom is 0.417 e. The van der Waals surface area contributed by atoms with Crippen LogP contribution in [0.5, 0.6) is 0 Å². The van der Waals surface area contributed by atoms with E-state index in [0.717, 1.165) is 35.5 Å². The van der Waals surface area contributed by atoms with Gasteiger partial charge in [0.15, 0.2) is 0 Å². The monoisotopic (exact) mass is 400 g/mol. The molecule has 0 radical (unpaired) electrons. The SMILES string of the molecule is Cc1ccc(CSCCNC(=O)CSc2ccc(C(F)(F)F)cn2)cc1. The Kier molecular flexibility index (Phi) is 7.84. The molecule has 0 bridgehead atoms. The first-order chi connectivity index (χ1) is 12.3. The van der Waals surface area contributed by atoms with E-state index >= 15 is 0 Å². The van der Waals surface area contributed by atoms with Crippen molar-refractivity contribution in [2.75, 3.05) is 18.1 Å². The van der Waals surface area contributed by atoms with Gasteiger partial charge in [0.25, 0.3) is 0 Å². The number of amides is 1. The lowest BCUT2D eigenvalue weighted by molar-refractivity contribution is -0.137. The van der Waals surface area contributed by atoms with Crippen LogP contribution in [0.3, 0.4) is 0 Å². The number of rotatable bonds is 8. The van der Waals surface area contributed by atoms with Crippen molar-refractivity contribution >= 4 is 29.4 Å². The Balaban J connectivity index is 1.61. The van der Waals surface area contributed by atoms with Crippen molar-refractivity contribution in [2.24, 2.45) is 0 Å². The molecule has 8 heteroatoms. The number of nitrogens with zero attached hydrogens (tertiary/aromatic N) is 1. The third kappa shape index (κ3) is 7.29. The van der Waals surface area contributed by atoms with Gasteiger partial charge in [-0.05, 0) is 24.6 Å². The van der Waals surface area contributed by atoms with Gasteiger partial charge < -0.3 is 5.32 Å². The number of benzene rings is 1. The number of carbonyl (C=O) groups is 1. The van der Waals surface area contributed by atoms with Crippen LogP contribution in [0.2, 0.25) is 0 Å². The molecule has 1 heterocycles. The van der Waals surface area contributed by atoms with E-state index in [2.05, 4.69) is 34.6 Å². The van der Waals surface area contributed by atoms with Crippen molar-refractivity contribution in [3.63, 3.8) is 0 Å². The number of hydrogen-bond acceptors (Lipinski definition) is 4. The van der Waals surface area contributed by atoms with Gasteiger partial charge in [-0.2, -0.15) is 24.9 Å². The fourth-order valence-corrected chi connectivity index (χ4v) is 3.45. The number of alkyl halides is 3. The molecule has 0 aliphatic rings. The van der Waals surface area contributed by atoms with Crippen LogP contribution >= 0.6 is 23.5 Å². The summed E-state index contributed by atoms with van der Waals surface area (Å²) >= 11 is 2.84. The van der Waals surface area contributed by atoms with E-state index in [9.17, 15) is 18.0 Å². The van der Waals surface area contributed by atoms with Gasteiger partial charge in [0.1, 0.15) is 0 Å². The first kappa shape index (κ1) is 20.6. The largest absolute Gasteiger partial charge is 0.417 e. The predicted molar refractivity (Wildman–Crippen MR) is 100 cm³/mol. The molecule has 0 unspecified atom stereocenters. The number of pyridine rings is 1. The Hall–Kier alpha value is -1.67. The van der Waals surface area contributed by atoms with Gasteiger partial charge >= 0.3 is 6.18 Å². The molecule has 2 aromatic rings. The van der Waals surface area contributed by atoms with Crippen molar-refractivity contribution in [3.05, 3.63) is 59.3 Å². The fraction of sp³-hybridized carbons (Fsp3) is 0.333. The molecule has 1 N–H and O–H groups in total. The molecule has 0 atom stereocenters. The quantitative estimate of drug-likeness (QED) is 0.521. The smallest absolute Gasteiger partial charge is 0.355 e. The van der Waals surface area contributed by atoms with Gasteiger partial charge in [0.2, 0.25) is 5.91 Å². The minimum atomic E-state index is -4.40. The van der Waals surface area contributed by atoms with E-state index in [1.54, 1.807) is 11.8 Å². The van der Waals surface area contributed by atoms with Crippen molar-refractivity contribution < 1.29 is 18.0 Å². The first-order valence-corrected chi connectivity index (χ1v) is 10.0. The molecule has 0 saturated heterocycles. The second kappa shape index (κ2) is 9.87. The highest BCUT2D eigenvalue weighted by Crippen LogP contribution is 2.29. The summed E-state index contributed by atoms with van der Waals surface area (Å²) in [7, 11) is 0. The van der Waals surface area contributed by atoms with Gasteiger partial charge in [0.05, 0.1) is 16.3 Å². The lowest BCUT2D eigenvalue weighted by Gasteiger charge is -2.07. The third-order valence-electron chi connectivity index (χ3n) is 3.37. The summed E-state index contributed by atoms with van der Waals surface area (Å²) in [6.07, 6.45) is -3.62. The highest BCUT2D eigenvalue weighted by molar-refractivity contribution is 7.99. The number of aromatic nitrogens is 1. The molecule has 0 aliphatic carbocycles. The molecule has 0 aliphatic heterocycles. The minimum Gasteiger partial charge on any atom is -0.355 e. The third-order valence-corrected chi connectivity index (χ3v) is 5.35. The van der Waals surface area contributed by atoms with Gasteiger partial charge in [-0.15, -0.1) is 0 Å². The Morgan fingerprint density at radius 3 is 2.50 bits per heavy atom. The number of aryl methyl sites for hydroxylation is 1. The van der Waals surface area contributed by atoms with Gasteiger partial charge in [-0.25, -0.2) is 4.98 Å². The van der Waals surface area contributed by atoms with E-state index in [1.165, 1.54) is 17.2 Å². The Labute approximate surface area is 159 Å². The number of thioether (sulfide) groups is 2. The second-order valence-electron chi connectivity index (χ2n) is 5.56. The van der Waals surface area contributed by atoms with Crippen molar-refractivity contribution in [2.45, 2.75) is 23.9 Å². The van der Waals surface area contributed by atoms with E-state index < -0.39 is 11.7 Å². The average Bonchev–Trinajstić information content (AvgIpc) is 2.61. The highest BCUT2D eigenvalue weighted by atomic mass is 32.2. The lowest BCUT2D eigenvalue weighted by atomic mass is 10.2. The topological polar surface area (TPSA) is 42.0 Å². The van der Waals surface area contributed by atoms with Gasteiger partial charge in [-0.1, -0.05) is 41.6 Å². The number of hydrogen-bond donors (Lipinski definition) is 1. The normalized spacial score (nSPS) is 11.4. The summed E-state index contributed by atoms with van der Waals surface area (Å²) in [5.74, 6) is 1.65. The van der Waals surface area contributed by atoms with Gasteiger partial charge in [0, 0.05) is 24.2 Å². The Bertz CT molecular complexity index is 704. The molecule has 1 aromatic carbocycles. The second-order valence-corrected chi connectivity index (χ2v) is 7.66. The van der Waals surface area contributed by atoms with Crippen LogP contribution in [-0.4, -0.2) is 28.9 Å². The summed E-state index contributed by atoms with van der Waals surface area (Å²) in [5, 5.41) is 3.19. The van der Waals surface area contributed by atoms with Crippen LogP contribution < -0.4 is 5.32 Å². The zero-order chi connectivity index (χ0) is 19.0. The summed E-state index contributed by atoms with van der Waals surface area (Å²) < 4.78 is 37.3. The van der Waals surface area contributed by atoms with Crippen LogP contribution in [0.25, 0.3) is 0 Å². The van der Waals surface area contributed by atoms with Crippen LogP contribution in [-0.2, 0) is 16.7 Å². The lowest BCUT2D eigenvalue weighted by Crippen LogP contribution is -2.27. The minimum absolute atomic E-state index is 0.126. The van der Waals surface area contributed by atoms with Crippen molar-refractivity contribution in [3.8, 4) is 0 Å². The standard InChI is InChI=1S/C18H19F3N2OS2/c1-13-2-4-14(5-3-13)11-25-9-8-22-16(24)12-26-17-7-6-15(10-23-17)18(19,20)21/h2-7,10H,8-9,11-12H2,1H3,(H,22,24). The fourth-order valence-electron chi connectivity index (χ4n) is 1.96. The Morgan fingerprint density at radius 2 is 1.88 bits per heavy atom. The van der Waals surface area contributed by atoms with E-state index in [0.29, 0.717) is 11.6 Å². The van der Waals surface area contributed by atoms with E-state index in [1.807, 2.05) is 6.92 Å². The number of nitrogens with one attached hydrogen (secondary N) is 1. The molecule has 1 amide bonds. The van der Waals surface area contributed by atoms with Gasteiger partial charge in [-0.3, -0.25) is 4.79 Å². The summed E-state index contributed by atoms with van der Waals surface area (Å²) in [6.45, 7) is 2.60. The van der Waals surface area contributed by atoms with Crippen molar-refractivity contribution in [1.82, 2.24) is 10.3 Å². The number of carbonyl (C=O) groups excluding carboxylic acids is 1. The van der Waals surface area contributed by atoms with Crippen molar-refractivity contribution in [1.29, 1.82) is 0 Å². The zero-order valence-electron chi connectivity index (χ0n) is 14.2. The average molecular weight is 400 g/mol. The molecule has 1 aromatic heterocycles.